The van der Waals surface area contributed by atoms with Crippen molar-refractivity contribution in [2.75, 3.05) is 6.54 Å². The third-order valence-corrected chi connectivity index (χ3v) is 3.52. The first-order chi connectivity index (χ1) is 8.59. The Morgan fingerprint density at radius 2 is 2.28 bits per heavy atom. The predicted molar refractivity (Wildman–Crippen MR) is 73.3 cm³/mol. The first kappa shape index (κ1) is 13.0. The minimum atomic E-state index is -0.0327. The Kier molecular flexibility index (Phi) is 3.96. The van der Waals surface area contributed by atoms with Crippen molar-refractivity contribution in [2.24, 2.45) is 12.8 Å². The molecule has 1 heterocycles. The number of carbonyl (C=O) groups excluding carboxylic acids is 1. The van der Waals surface area contributed by atoms with Crippen molar-refractivity contribution in [3.63, 3.8) is 0 Å². The standard InChI is InChI=1S/C12H18N4OS/c1-15-10(6-7-14-15)12(17)16(8-11(13)18)9-4-2-3-5-9/h6-7,9H,2-5,8H2,1H3,(H2,13,18). The molecule has 18 heavy (non-hydrogen) atoms. The number of carbonyl (C=O) groups is 1. The number of aryl methyl sites for hydroxylation is 1. The van der Waals surface area contributed by atoms with Crippen molar-refractivity contribution < 1.29 is 4.79 Å². The molecule has 1 saturated carbocycles. The number of amides is 1. The van der Waals surface area contributed by atoms with Crippen LogP contribution in [0.2, 0.25) is 0 Å². The minimum absolute atomic E-state index is 0.0327. The molecule has 1 aromatic rings. The first-order valence-electron chi connectivity index (χ1n) is 6.17. The van der Waals surface area contributed by atoms with Crippen molar-refractivity contribution in [3.8, 4) is 0 Å². The van der Waals surface area contributed by atoms with Crippen LogP contribution < -0.4 is 5.73 Å². The van der Waals surface area contributed by atoms with Gasteiger partial charge in [-0.3, -0.25) is 9.48 Å². The predicted octanol–water partition coefficient (Wildman–Crippen LogP) is 1.09. The van der Waals surface area contributed by atoms with Crippen molar-refractivity contribution >= 4 is 23.1 Å². The maximum absolute atomic E-state index is 12.5. The van der Waals surface area contributed by atoms with E-state index in [4.69, 9.17) is 18.0 Å². The molecule has 1 aromatic heterocycles. The average molecular weight is 266 g/mol. The molecule has 98 valence electrons. The Bertz CT molecular complexity index is 451. The summed E-state index contributed by atoms with van der Waals surface area (Å²) >= 11 is 4.95. The van der Waals surface area contributed by atoms with Crippen LogP contribution in [0.25, 0.3) is 0 Å². The molecule has 0 atom stereocenters. The zero-order valence-electron chi connectivity index (χ0n) is 10.5. The summed E-state index contributed by atoms with van der Waals surface area (Å²) in [6, 6.07) is 1.98. The van der Waals surface area contributed by atoms with E-state index in [-0.39, 0.29) is 11.9 Å². The molecule has 0 aromatic carbocycles. The minimum Gasteiger partial charge on any atom is -0.392 e. The van der Waals surface area contributed by atoms with Gasteiger partial charge in [0, 0.05) is 19.3 Å². The summed E-state index contributed by atoms with van der Waals surface area (Å²) in [5.41, 5.74) is 6.19. The first-order valence-corrected chi connectivity index (χ1v) is 6.57. The summed E-state index contributed by atoms with van der Waals surface area (Å²) in [6.07, 6.45) is 6.02. The summed E-state index contributed by atoms with van der Waals surface area (Å²) in [7, 11) is 1.76. The lowest BCUT2D eigenvalue weighted by molar-refractivity contribution is 0.0703. The lowest BCUT2D eigenvalue weighted by Gasteiger charge is -2.28. The Morgan fingerprint density at radius 3 is 2.78 bits per heavy atom. The lowest BCUT2D eigenvalue weighted by atomic mass is 10.2. The van der Waals surface area contributed by atoms with E-state index in [0.29, 0.717) is 17.2 Å². The lowest BCUT2D eigenvalue weighted by Crippen LogP contribution is -2.44. The van der Waals surface area contributed by atoms with Gasteiger partial charge < -0.3 is 10.6 Å². The molecule has 0 bridgehead atoms. The van der Waals surface area contributed by atoms with Crippen LogP contribution in [0.5, 0.6) is 0 Å². The number of thiocarbonyl (C=S) groups is 1. The SMILES string of the molecule is Cn1nccc1C(=O)N(CC(N)=S)C1CCCC1. The summed E-state index contributed by atoms with van der Waals surface area (Å²) in [6.45, 7) is 0.351. The quantitative estimate of drug-likeness (QED) is 0.829. The van der Waals surface area contributed by atoms with Crippen molar-refractivity contribution in [2.45, 2.75) is 31.7 Å². The molecule has 2 N–H and O–H groups in total. The number of hydrogen-bond donors (Lipinski definition) is 1. The second kappa shape index (κ2) is 5.48. The maximum atomic E-state index is 12.5. The molecule has 0 spiro atoms. The molecule has 1 aliphatic carbocycles. The highest BCUT2D eigenvalue weighted by atomic mass is 32.1. The molecule has 0 radical (unpaired) electrons. The molecule has 0 unspecified atom stereocenters. The van der Waals surface area contributed by atoms with E-state index in [0.717, 1.165) is 25.7 Å². The van der Waals surface area contributed by atoms with Crippen LogP contribution in [0, 0.1) is 0 Å². The Hall–Kier alpha value is -1.43. The van der Waals surface area contributed by atoms with E-state index in [1.54, 1.807) is 28.9 Å². The number of nitrogens with zero attached hydrogens (tertiary/aromatic N) is 3. The smallest absolute Gasteiger partial charge is 0.272 e. The summed E-state index contributed by atoms with van der Waals surface area (Å²) < 4.78 is 1.59. The van der Waals surface area contributed by atoms with Gasteiger partial charge in [-0.2, -0.15) is 5.10 Å². The highest BCUT2D eigenvalue weighted by molar-refractivity contribution is 7.80. The fourth-order valence-corrected chi connectivity index (χ4v) is 2.62. The van der Waals surface area contributed by atoms with Crippen LogP contribution in [-0.4, -0.2) is 38.2 Å². The molecule has 2 rings (SSSR count). The number of rotatable bonds is 4. The van der Waals surface area contributed by atoms with E-state index in [2.05, 4.69) is 5.10 Å². The largest absolute Gasteiger partial charge is 0.392 e. The van der Waals surface area contributed by atoms with Crippen LogP contribution in [0.1, 0.15) is 36.2 Å². The van der Waals surface area contributed by atoms with Crippen LogP contribution in [0.4, 0.5) is 0 Å². The average Bonchev–Trinajstić information content (AvgIpc) is 2.95. The van der Waals surface area contributed by atoms with Crippen LogP contribution in [0.3, 0.4) is 0 Å². The van der Waals surface area contributed by atoms with Crippen LogP contribution >= 0.6 is 12.2 Å². The highest BCUT2D eigenvalue weighted by Crippen LogP contribution is 2.24. The fourth-order valence-electron chi connectivity index (χ4n) is 2.48. The van der Waals surface area contributed by atoms with E-state index < -0.39 is 0 Å². The van der Waals surface area contributed by atoms with Gasteiger partial charge in [-0.25, -0.2) is 0 Å². The number of hydrogen-bond acceptors (Lipinski definition) is 3. The van der Waals surface area contributed by atoms with Crippen LogP contribution in [0.15, 0.2) is 12.3 Å². The zero-order valence-corrected chi connectivity index (χ0v) is 11.3. The molecule has 5 nitrogen and oxygen atoms in total. The van der Waals surface area contributed by atoms with E-state index in [1.807, 2.05) is 0 Å². The van der Waals surface area contributed by atoms with Gasteiger partial charge >= 0.3 is 0 Å². The number of aromatic nitrogens is 2. The fraction of sp³-hybridized carbons (Fsp3) is 0.583. The van der Waals surface area contributed by atoms with Gasteiger partial charge in [0.25, 0.3) is 5.91 Å². The van der Waals surface area contributed by atoms with Gasteiger partial charge in [0.2, 0.25) is 0 Å². The van der Waals surface area contributed by atoms with Gasteiger partial charge in [-0.1, -0.05) is 25.1 Å². The van der Waals surface area contributed by atoms with Gasteiger partial charge in [0.1, 0.15) is 5.69 Å². The van der Waals surface area contributed by atoms with Crippen molar-refractivity contribution in [1.82, 2.24) is 14.7 Å². The van der Waals surface area contributed by atoms with Crippen LogP contribution in [-0.2, 0) is 7.05 Å². The second-order valence-electron chi connectivity index (χ2n) is 4.68. The zero-order chi connectivity index (χ0) is 13.1. The third kappa shape index (κ3) is 2.69. The second-order valence-corrected chi connectivity index (χ2v) is 5.20. The number of nitrogens with two attached hydrogens (primary N) is 1. The Morgan fingerprint density at radius 1 is 1.61 bits per heavy atom. The van der Waals surface area contributed by atoms with E-state index in [1.165, 1.54) is 0 Å². The Balaban J connectivity index is 2.20. The van der Waals surface area contributed by atoms with E-state index in [9.17, 15) is 4.79 Å². The molecule has 1 fully saturated rings. The molecule has 6 heteroatoms. The third-order valence-electron chi connectivity index (χ3n) is 3.39. The summed E-state index contributed by atoms with van der Waals surface area (Å²) in [5, 5.41) is 4.03. The van der Waals surface area contributed by atoms with E-state index >= 15 is 0 Å². The van der Waals surface area contributed by atoms with Gasteiger partial charge in [-0.05, 0) is 18.9 Å². The molecular formula is C12H18N4OS. The molecule has 0 saturated heterocycles. The molecule has 0 aliphatic heterocycles. The van der Waals surface area contributed by atoms with Gasteiger partial charge in [-0.15, -0.1) is 0 Å². The molecule has 1 aliphatic rings. The van der Waals surface area contributed by atoms with Crippen molar-refractivity contribution in [1.29, 1.82) is 0 Å². The van der Waals surface area contributed by atoms with Gasteiger partial charge in [0.15, 0.2) is 0 Å². The Labute approximate surface area is 112 Å². The van der Waals surface area contributed by atoms with Crippen molar-refractivity contribution in [3.05, 3.63) is 18.0 Å². The summed E-state index contributed by atoms with van der Waals surface area (Å²) in [5.74, 6) is -0.0327. The summed E-state index contributed by atoms with van der Waals surface area (Å²) in [4.78, 5) is 14.7. The highest BCUT2D eigenvalue weighted by Gasteiger charge is 2.28. The topological polar surface area (TPSA) is 64.2 Å². The molecule has 1 amide bonds. The molecular weight excluding hydrogens is 248 g/mol. The van der Waals surface area contributed by atoms with Gasteiger partial charge in [0.05, 0.1) is 11.5 Å². The normalized spacial score (nSPS) is 15.8. The maximum Gasteiger partial charge on any atom is 0.272 e. The monoisotopic (exact) mass is 266 g/mol.